The molecule has 0 amide bonds. The predicted octanol–water partition coefficient (Wildman–Crippen LogP) is 43.0. The maximum absolute atomic E-state index is 12.1. The van der Waals surface area contributed by atoms with Gasteiger partial charge in [0.1, 0.15) is 0 Å². The van der Waals surface area contributed by atoms with Crippen molar-refractivity contribution in [1.29, 1.82) is 0 Å². The van der Waals surface area contributed by atoms with Crippen molar-refractivity contribution in [3.8, 4) is 0 Å². The van der Waals surface area contributed by atoms with E-state index in [-0.39, 0.29) is 0 Å². The second kappa shape index (κ2) is 95.6. The van der Waals surface area contributed by atoms with Crippen molar-refractivity contribution in [3.63, 3.8) is 0 Å². The SMILES string of the molecule is CCCCCCCCCCCCCCCCCC=CCCc1ccccc1C1=CC(CCCCC)=C(c2ccccc2CCC=CCCCCCCCCCCCCCCCCC)[N+]1=[N-].CCCCCCCCCCCCCCCCCCCCCCCCCC[CH2][Ni][CH2]CCCCCCCCCCCCCCCCCCCCCCCCCC. The molecule has 0 radical (unpaired) electrons. The van der Waals surface area contributed by atoms with E-state index in [1.165, 1.54) is 577 Å². The van der Waals surface area contributed by atoms with E-state index in [4.69, 9.17) is 0 Å². The molecular formula is C117H212N2Ni. The number of rotatable bonds is 96. The van der Waals surface area contributed by atoms with Gasteiger partial charge in [0.05, 0.1) is 0 Å². The number of unbranched alkanes of at least 4 members (excludes halogenated alkanes) is 80. The van der Waals surface area contributed by atoms with Crippen LogP contribution in [0, 0.1) is 0 Å². The van der Waals surface area contributed by atoms with E-state index in [1.54, 1.807) is 0 Å². The van der Waals surface area contributed by atoms with E-state index in [9.17, 15) is 5.53 Å². The van der Waals surface area contributed by atoms with Crippen LogP contribution in [0.2, 0.25) is 10.8 Å². The molecule has 1 aliphatic heterocycles. The van der Waals surface area contributed by atoms with Gasteiger partial charge in [-0.3, -0.25) is 0 Å². The fourth-order valence-electron chi connectivity index (χ4n) is 18.6. The van der Waals surface area contributed by atoms with Crippen LogP contribution < -0.4 is 0 Å². The van der Waals surface area contributed by atoms with Crippen LogP contribution in [0.25, 0.3) is 16.9 Å². The number of allylic oxidation sites excluding steroid dienone is 6. The van der Waals surface area contributed by atoms with Gasteiger partial charge in [0.25, 0.3) is 0 Å². The Kier molecular flexibility index (Phi) is 90.5. The average molecular weight is 1710 g/mol. The third kappa shape index (κ3) is 74.6. The molecule has 3 rings (SSSR count). The number of aryl methyl sites for hydroxylation is 2. The van der Waals surface area contributed by atoms with Gasteiger partial charge in [0, 0.05) is 22.8 Å². The molecule has 2 aromatic carbocycles. The van der Waals surface area contributed by atoms with Crippen molar-refractivity contribution in [3.05, 3.63) is 112 Å². The molecular weight excluding hydrogens is 1490 g/mol. The zero-order valence-corrected chi connectivity index (χ0v) is 83.3. The molecule has 0 aromatic heterocycles. The number of nitrogens with zero attached hydrogens (tertiary/aromatic N) is 2. The Hall–Kier alpha value is -2.51. The fraction of sp³-hybridized carbons (Fsp3) is 0.829. The quantitative estimate of drug-likeness (QED) is 0.0273. The number of hydrogen-bond acceptors (Lipinski definition) is 0. The van der Waals surface area contributed by atoms with Crippen molar-refractivity contribution in [2.75, 3.05) is 0 Å². The third-order valence-corrected chi connectivity index (χ3v) is 28.2. The summed E-state index contributed by atoms with van der Waals surface area (Å²) >= 11 is 2.05. The Morgan fingerprint density at radius 3 is 0.675 bits per heavy atom. The van der Waals surface area contributed by atoms with Crippen LogP contribution in [0.1, 0.15) is 622 Å². The topological polar surface area (TPSA) is 25.3 Å². The standard InChI is InChI=1S/C63H102N2.2C27H55.Ni/c1-4-7-10-12-14-16-18-20-22-24-26-28-30-32-34-36-38-40-43-49-57-51-45-47-54-60(57)62-56-59(53-42-9-6-3)63(65(62)64)61-55-48-46-52-58(61)50-44-41-39-37-35-33-31-29-27-25-23-21-19-17-15-13-11-8-5-2;2*1-3-5-7-9-11-13-15-17-19-21-23-25-27-26-24-22-20-18-16-14-12-10-8-6-4-2;/h38-41,45-48,51-52,54-56H,4-37,42-44,49-50,53H2,1-3H3;2*1,3-27H2,2H3;. The summed E-state index contributed by atoms with van der Waals surface area (Å²) in [7, 11) is 0. The first-order chi connectivity index (χ1) is 59.6. The summed E-state index contributed by atoms with van der Waals surface area (Å²) in [5, 5.41) is 2.87. The summed E-state index contributed by atoms with van der Waals surface area (Å²) in [4.78, 5) is 0. The molecule has 700 valence electrons. The zero-order valence-electron chi connectivity index (χ0n) is 82.3. The molecule has 120 heavy (non-hydrogen) atoms. The van der Waals surface area contributed by atoms with Crippen molar-refractivity contribution in [2.24, 2.45) is 0 Å². The van der Waals surface area contributed by atoms with Gasteiger partial charge in [-0.15, -0.1) is 0 Å². The Morgan fingerprint density at radius 2 is 0.417 bits per heavy atom. The minimum Gasteiger partial charge on any atom is -0.0654 e. The van der Waals surface area contributed by atoms with Crippen LogP contribution in [-0.2, 0) is 27.3 Å². The molecule has 1 aliphatic rings. The minimum atomic E-state index is 0.932. The summed E-state index contributed by atoms with van der Waals surface area (Å²) in [6, 6.07) is 17.6. The smallest absolute Gasteiger partial charge is 0.0654 e. The van der Waals surface area contributed by atoms with E-state index < -0.39 is 0 Å². The van der Waals surface area contributed by atoms with Gasteiger partial charge in [-0.1, -0.05) is 468 Å². The van der Waals surface area contributed by atoms with Gasteiger partial charge >= 0.3 is 166 Å². The van der Waals surface area contributed by atoms with Crippen LogP contribution in [0.5, 0.6) is 0 Å². The van der Waals surface area contributed by atoms with E-state index in [1.807, 2.05) is 0 Å². The second-order valence-electron chi connectivity index (χ2n) is 38.4. The Morgan fingerprint density at radius 1 is 0.217 bits per heavy atom. The number of hydrogen-bond donors (Lipinski definition) is 0. The van der Waals surface area contributed by atoms with E-state index in [0.717, 1.165) is 55.5 Å². The van der Waals surface area contributed by atoms with Crippen molar-refractivity contribution >= 4 is 11.4 Å². The zero-order chi connectivity index (χ0) is 85.6. The van der Waals surface area contributed by atoms with E-state index in [0.29, 0.717) is 0 Å². The summed E-state index contributed by atoms with van der Waals surface area (Å²) in [5.41, 5.74) is 20.3. The van der Waals surface area contributed by atoms with Gasteiger partial charge in [-0.2, -0.15) is 0 Å². The first-order valence-corrected chi connectivity index (χ1v) is 56.9. The molecule has 0 atom stereocenters. The molecule has 0 saturated carbocycles. The molecule has 0 bridgehead atoms. The van der Waals surface area contributed by atoms with Crippen molar-refractivity contribution in [1.82, 2.24) is 0 Å². The van der Waals surface area contributed by atoms with Crippen LogP contribution in [0.15, 0.2) is 84.5 Å². The number of benzene rings is 2. The van der Waals surface area contributed by atoms with Crippen LogP contribution >= 0.6 is 0 Å². The van der Waals surface area contributed by atoms with E-state index in [2.05, 4.69) is 128 Å². The van der Waals surface area contributed by atoms with Crippen molar-refractivity contribution < 1.29 is 19.1 Å². The molecule has 0 fully saturated rings. The Bertz CT molecular complexity index is 2460. The van der Waals surface area contributed by atoms with E-state index >= 15 is 0 Å². The minimum absolute atomic E-state index is 0.932. The first kappa shape index (κ1) is 114. The molecule has 2 aromatic rings. The van der Waals surface area contributed by atoms with Crippen LogP contribution in [0.3, 0.4) is 0 Å². The summed E-state index contributed by atoms with van der Waals surface area (Å²) in [5.74, 6) is 0. The monoisotopic (exact) mass is 1700 g/mol. The third-order valence-electron chi connectivity index (χ3n) is 26.8. The Labute approximate surface area is 760 Å². The molecule has 0 N–H and O–H groups in total. The Balaban J connectivity index is 0.000000826. The predicted molar refractivity (Wildman–Crippen MR) is 541 cm³/mol. The van der Waals surface area contributed by atoms with Gasteiger partial charge in [0.15, 0.2) is 0 Å². The summed E-state index contributed by atoms with van der Waals surface area (Å²) in [6.45, 7) is 11.5. The van der Waals surface area contributed by atoms with Crippen LogP contribution in [-0.4, -0.2) is 4.70 Å². The molecule has 1 heterocycles. The summed E-state index contributed by atoms with van der Waals surface area (Å²) in [6.07, 6.45) is 140. The summed E-state index contributed by atoms with van der Waals surface area (Å²) < 4.78 is 1.54. The van der Waals surface area contributed by atoms with Gasteiger partial charge in [-0.25, -0.2) is 4.70 Å². The van der Waals surface area contributed by atoms with Crippen LogP contribution in [0.4, 0.5) is 0 Å². The average Bonchev–Trinajstić information content (AvgIpc) is 1.62. The first-order valence-electron chi connectivity index (χ1n) is 55.5. The van der Waals surface area contributed by atoms with Gasteiger partial charge in [-0.05, 0) is 87.5 Å². The van der Waals surface area contributed by atoms with Crippen molar-refractivity contribution in [2.45, 2.75) is 623 Å². The maximum atomic E-state index is 12.1. The van der Waals surface area contributed by atoms with Gasteiger partial charge in [0.2, 0.25) is 11.4 Å². The fourth-order valence-corrected chi connectivity index (χ4v) is 19.9. The molecule has 0 saturated heterocycles. The normalized spacial score (nSPS) is 12.5. The van der Waals surface area contributed by atoms with Gasteiger partial charge < -0.3 is 5.53 Å². The molecule has 0 unspecified atom stereocenters. The second-order valence-corrected chi connectivity index (χ2v) is 39.9. The molecule has 2 nitrogen and oxygen atoms in total. The molecule has 3 heteroatoms. The molecule has 0 aliphatic carbocycles. The molecule has 0 spiro atoms.